The summed E-state index contributed by atoms with van der Waals surface area (Å²) in [5, 5.41) is 8.95. The van der Waals surface area contributed by atoms with Crippen LogP contribution in [0, 0.1) is 0 Å². The highest BCUT2D eigenvalue weighted by Crippen LogP contribution is 2.28. The lowest BCUT2D eigenvalue weighted by Crippen LogP contribution is -2.31. The molecule has 1 N–H and O–H groups in total. The first kappa shape index (κ1) is 11.6. The number of carbonyl (C=O) groups excluding carboxylic acids is 1. The van der Waals surface area contributed by atoms with E-state index >= 15 is 0 Å². The number of hydrogen-bond acceptors (Lipinski definition) is 2. The molecule has 1 heterocycles. The van der Waals surface area contributed by atoms with Crippen molar-refractivity contribution >= 4 is 11.9 Å². The fourth-order valence-corrected chi connectivity index (χ4v) is 2.25. The molecule has 4 heteroatoms. The maximum Gasteiger partial charge on any atom is 0.305 e. The van der Waals surface area contributed by atoms with E-state index in [1.807, 2.05) is 30.3 Å². The molecule has 1 saturated heterocycles. The summed E-state index contributed by atoms with van der Waals surface area (Å²) in [6, 6.07) is 9.03. The van der Waals surface area contributed by atoms with Crippen LogP contribution in [0.1, 0.15) is 30.9 Å². The number of hydrogen-bond donors (Lipinski definition) is 1. The Bertz CT molecular complexity index is 416. The van der Waals surface area contributed by atoms with Crippen LogP contribution in [0.5, 0.6) is 0 Å². The minimum atomic E-state index is -0.876. The van der Waals surface area contributed by atoms with Gasteiger partial charge in [0, 0.05) is 13.0 Å². The van der Waals surface area contributed by atoms with Crippen LogP contribution in [-0.4, -0.2) is 28.4 Å². The second-order valence-electron chi connectivity index (χ2n) is 4.22. The number of carboxylic acid groups (broad SMARTS) is 1. The number of rotatable bonds is 4. The van der Waals surface area contributed by atoms with E-state index < -0.39 is 5.97 Å². The van der Waals surface area contributed by atoms with E-state index in [1.54, 1.807) is 4.90 Å². The number of amides is 1. The van der Waals surface area contributed by atoms with E-state index in [4.69, 9.17) is 5.11 Å². The van der Waals surface area contributed by atoms with E-state index in [-0.39, 0.29) is 18.4 Å². The first-order valence-corrected chi connectivity index (χ1v) is 5.74. The van der Waals surface area contributed by atoms with Gasteiger partial charge in [0.1, 0.15) is 0 Å². The highest BCUT2D eigenvalue weighted by Gasteiger charge is 2.30. The normalized spacial score (nSPS) is 17.2. The van der Waals surface area contributed by atoms with Gasteiger partial charge in [-0.15, -0.1) is 0 Å². The summed E-state index contributed by atoms with van der Waals surface area (Å²) >= 11 is 0. The van der Waals surface area contributed by atoms with E-state index in [0.717, 1.165) is 12.0 Å². The van der Waals surface area contributed by atoms with E-state index in [9.17, 15) is 9.59 Å². The molecule has 0 saturated carbocycles. The number of carboxylic acids is 1. The summed E-state index contributed by atoms with van der Waals surface area (Å²) < 4.78 is 0. The molecular formula is C13H15NO3. The molecule has 1 aromatic rings. The van der Waals surface area contributed by atoms with Gasteiger partial charge < -0.3 is 10.0 Å². The summed E-state index contributed by atoms with van der Waals surface area (Å²) in [7, 11) is 0. The van der Waals surface area contributed by atoms with Crippen LogP contribution in [0.2, 0.25) is 0 Å². The largest absolute Gasteiger partial charge is 0.481 e. The molecule has 1 aromatic carbocycles. The maximum atomic E-state index is 11.7. The Morgan fingerprint density at radius 2 is 2.06 bits per heavy atom. The molecule has 90 valence electrons. The molecule has 17 heavy (non-hydrogen) atoms. The van der Waals surface area contributed by atoms with Gasteiger partial charge in [0.05, 0.1) is 12.5 Å². The van der Waals surface area contributed by atoms with Crippen molar-refractivity contribution in [3.8, 4) is 0 Å². The van der Waals surface area contributed by atoms with Gasteiger partial charge in [0.2, 0.25) is 5.91 Å². The Hall–Kier alpha value is -1.84. The zero-order valence-electron chi connectivity index (χ0n) is 9.50. The third-order valence-corrected chi connectivity index (χ3v) is 3.04. The maximum absolute atomic E-state index is 11.7. The molecule has 1 aliphatic heterocycles. The molecule has 1 aliphatic rings. The van der Waals surface area contributed by atoms with Gasteiger partial charge in [-0.25, -0.2) is 0 Å². The molecule has 0 aliphatic carbocycles. The zero-order valence-corrected chi connectivity index (χ0v) is 9.50. The van der Waals surface area contributed by atoms with Crippen LogP contribution in [0.4, 0.5) is 0 Å². The summed E-state index contributed by atoms with van der Waals surface area (Å²) in [4.78, 5) is 24.3. The number of aliphatic carboxylic acids is 1. The second-order valence-corrected chi connectivity index (χ2v) is 4.22. The van der Waals surface area contributed by atoms with Gasteiger partial charge >= 0.3 is 5.97 Å². The molecule has 1 atom stereocenters. The molecule has 0 unspecified atom stereocenters. The summed E-state index contributed by atoms with van der Waals surface area (Å²) in [6.07, 6.45) is 1.32. The van der Waals surface area contributed by atoms with Crippen molar-refractivity contribution < 1.29 is 14.7 Å². The monoisotopic (exact) mass is 233 g/mol. The SMILES string of the molecule is O=C(O)C[C@@H](c1ccccc1)N1CCCC1=O. The van der Waals surface area contributed by atoms with Gasteiger partial charge in [-0.1, -0.05) is 30.3 Å². The van der Waals surface area contributed by atoms with Crippen LogP contribution in [0.25, 0.3) is 0 Å². The summed E-state index contributed by atoms with van der Waals surface area (Å²) in [5.74, 6) is -0.821. The molecule has 2 rings (SSSR count). The van der Waals surface area contributed by atoms with Gasteiger partial charge in [0.25, 0.3) is 0 Å². The molecule has 0 radical (unpaired) electrons. The Morgan fingerprint density at radius 3 is 2.59 bits per heavy atom. The lowest BCUT2D eigenvalue weighted by atomic mass is 10.0. The first-order chi connectivity index (χ1) is 8.18. The van der Waals surface area contributed by atoms with Crippen molar-refractivity contribution in [1.82, 2.24) is 4.90 Å². The fraction of sp³-hybridized carbons (Fsp3) is 0.385. The second kappa shape index (κ2) is 4.99. The first-order valence-electron chi connectivity index (χ1n) is 5.74. The molecule has 0 bridgehead atoms. The fourth-order valence-electron chi connectivity index (χ4n) is 2.25. The van der Waals surface area contributed by atoms with Crippen LogP contribution in [-0.2, 0) is 9.59 Å². The van der Waals surface area contributed by atoms with E-state index in [1.165, 1.54) is 0 Å². The topological polar surface area (TPSA) is 57.6 Å². The third kappa shape index (κ3) is 2.64. The molecule has 1 fully saturated rings. The van der Waals surface area contributed by atoms with Crippen LogP contribution < -0.4 is 0 Å². The van der Waals surface area contributed by atoms with Crippen molar-refractivity contribution in [3.63, 3.8) is 0 Å². The van der Waals surface area contributed by atoms with Gasteiger partial charge in [-0.2, -0.15) is 0 Å². The van der Waals surface area contributed by atoms with Gasteiger partial charge in [-0.05, 0) is 12.0 Å². The molecule has 1 amide bonds. The van der Waals surface area contributed by atoms with Crippen molar-refractivity contribution in [3.05, 3.63) is 35.9 Å². The highest BCUT2D eigenvalue weighted by atomic mass is 16.4. The van der Waals surface area contributed by atoms with Crippen LogP contribution >= 0.6 is 0 Å². The molecule has 4 nitrogen and oxygen atoms in total. The quantitative estimate of drug-likeness (QED) is 0.863. The van der Waals surface area contributed by atoms with Gasteiger partial charge in [-0.3, -0.25) is 9.59 Å². The van der Waals surface area contributed by atoms with Gasteiger partial charge in [0.15, 0.2) is 0 Å². The van der Waals surface area contributed by atoms with Crippen molar-refractivity contribution in [1.29, 1.82) is 0 Å². The average Bonchev–Trinajstić information content (AvgIpc) is 2.73. The number of likely N-dealkylation sites (tertiary alicyclic amines) is 1. The number of carbonyl (C=O) groups is 2. The minimum Gasteiger partial charge on any atom is -0.481 e. The Labute approximate surface area is 99.9 Å². The molecular weight excluding hydrogens is 218 g/mol. The number of nitrogens with zero attached hydrogens (tertiary/aromatic N) is 1. The average molecular weight is 233 g/mol. The van der Waals surface area contributed by atoms with Crippen molar-refractivity contribution in [2.24, 2.45) is 0 Å². The smallest absolute Gasteiger partial charge is 0.305 e. The third-order valence-electron chi connectivity index (χ3n) is 3.04. The van der Waals surface area contributed by atoms with Crippen molar-refractivity contribution in [2.45, 2.75) is 25.3 Å². The molecule has 0 aromatic heterocycles. The zero-order chi connectivity index (χ0) is 12.3. The Morgan fingerprint density at radius 1 is 1.35 bits per heavy atom. The standard InChI is InChI=1S/C13H15NO3/c15-12-7-4-8-14(12)11(9-13(16)17)10-5-2-1-3-6-10/h1-3,5-6,11H,4,7-9H2,(H,16,17)/t11-/m0/s1. The van der Waals surface area contributed by atoms with E-state index in [0.29, 0.717) is 13.0 Å². The summed E-state index contributed by atoms with van der Waals surface area (Å²) in [5.41, 5.74) is 0.894. The molecule has 0 spiro atoms. The van der Waals surface area contributed by atoms with Crippen LogP contribution in [0.15, 0.2) is 30.3 Å². The highest BCUT2D eigenvalue weighted by molar-refractivity contribution is 5.79. The predicted molar refractivity (Wildman–Crippen MR) is 62.4 cm³/mol. The van der Waals surface area contributed by atoms with Crippen molar-refractivity contribution in [2.75, 3.05) is 6.54 Å². The summed E-state index contributed by atoms with van der Waals surface area (Å²) in [6.45, 7) is 0.658. The minimum absolute atomic E-state index is 0.0320. The predicted octanol–water partition coefficient (Wildman–Crippen LogP) is 1.82. The lowest BCUT2D eigenvalue weighted by molar-refractivity contribution is -0.139. The Balaban J connectivity index is 2.25. The lowest BCUT2D eigenvalue weighted by Gasteiger charge is -2.26. The van der Waals surface area contributed by atoms with E-state index in [2.05, 4.69) is 0 Å². The van der Waals surface area contributed by atoms with Crippen LogP contribution in [0.3, 0.4) is 0 Å². The number of benzene rings is 1. The Kier molecular flexibility index (Phi) is 3.42.